The van der Waals surface area contributed by atoms with Gasteiger partial charge in [0.05, 0.1) is 6.54 Å². The van der Waals surface area contributed by atoms with E-state index in [1.165, 1.54) is 0 Å². The van der Waals surface area contributed by atoms with Gasteiger partial charge in [-0.3, -0.25) is 0 Å². The fourth-order valence-corrected chi connectivity index (χ4v) is 2.73. The Labute approximate surface area is 187 Å². The Balaban J connectivity index is 0.00000364. The van der Waals surface area contributed by atoms with Gasteiger partial charge >= 0.3 is 0 Å². The van der Waals surface area contributed by atoms with Crippen LogP contribution in [0.5, 0.6) is 0 Å². The van der Waals surface area contributed by atoms with E-state index in [0.717, 1.165) is 29.9 Å². The second-order valence-electron chi connectivity index (χ2n) is 5.93. The molecular formula is C18H25Cl2IN6. The Morgan fingerprint density at radius 3 is 2.74 bits per heavy atom. The lowest BCUT2D eigenvalue weighted by atomic mass is 10.2. The number of nitrogens with one attached hydrogen (secondary N) is 2. The summed E-state index contributed by atoms with van der Waals surface area (Å²) in [6.45, 7) is 10.5. The largest absolute Gasteiger partial charge is 0.355 e. The van der Waals surface area contributed by atoms with Crippen molar-refractivity contribution in [3.8, 4) is 0 Å². The van der Waals surface area contributed by atoms with Crippen LogP contribution in [0.2, 0.25) is 10.0 Å². The Morgan fingerprint density at radius 1 is 1.30 bits per heavy atom. The smallest absolute Gasteiger partial charge is 0.191 e. The molecule has 9 heteroatoms. The monoisotopic (exact) mass is 522 g/mol. The molecule has 0 aliphatic carbocycles. The number of hydrogen-bond acceptors (Lipinski definition) is 3. The zero-order valence-electron chi connectivity index (χ0n) is 15.5. The lowest BCUT2D eigenvalue weighted by Crippen LogP contribution is -2.39. The van der Waals surface area contributed by atoms with E-state index < -0.39 is 0 Å². The molecule has 1 heterocycles. The van der Waals surface area contributed by atoms with Gasteiger partial charge in [0.15, 0.2) is 5.96 Å². The van der Waals surface area contributed by atoms with Gasteiger partial charge in [0.2, 0.25) is 0 Å². The molecule has 0 amide bonds. The number of hydrogen-bond donors (Lipinski definition) is 2. The van der Waals surface area contributed by atoms with Crippen molar-refractivity contribution in [2.24, 2.45) is 4.99 Å². The first-order valence-electron chi connectivity index (χ1n) is 8.46. The first kappa shape index (κ1) is 23.7. The highest BCUT2D eigenvalue weighted by Crippen LogP contribution is 2.21. The van der Waals surface area contributed by atoms with Crippen LogP contribution in [0, 0.1) is 0 Å². The summed E-state index contributed by atoms with van der Waals surface area (Å²) in [5, 5.41) is 15.8. The number of aliphatic imine (C=N–C) groups is 1. The molecule has 0 bridgehead atoms. The maximum absolute atomic E-state index is 6.22. The van der Waals surface area contributed by atoms with Gasteiger partial charge in [0.1, 0.15) is 12.2 Å². The highest BCUT2D eigenvalue weighted by molar-refractivity contribution is 14.0. The molecule has 0 radical (unpaired) electrons. The molecule has 1 aromatic carbocycles. The molecule has 2 N–H and O–H groups in total. The number of rotatable bonds is 8. The number of guanidine groups is 1. The standard InChI is InChI=1S/C18H24Cl2N6.HI/c1-4-17-25-24-12-26(17)8-7-21-18(22-10-13(2)3)23-11-14-5-6-15(19)9-16(14)20;/h5-6,9,12H,2,4,7-8,10-11H2,1,3H3,(H2,21,22,23);1H. The van der Waals surface area contributed by atoms with E-state index in [-0.39, 0.29) is 24.0 Å². The second-order valence-corrected chi connectivity index (χ2v) is 6.78. The van der Waals surface area contributed by atoms with E-state index in [2.05, 4.69) is 39.3 Å². The Morgan fingerprint density at radius 2 is 2.07 bits per heavy atom. The Bertz CT molecular complexity index is 775. The topological polar surface area (TPSA) is 67.1 Å². The van der Waals surface area contributed by atoms with Crippen LogP contribution in [0.4, 0.5) is 0 Å². The zero-order valence-corrected chi connectivity index (χ0v) is 19.3. The van der Waals surface area contributed by atoms with E-state index in [9.17, 15) is 0 Å². The maximum Gasteiger partial charge on any atom is 0.191 e. The molecule has 0 aliphatic heterocycles. The van der Waals surface area contributed by atoms with Gasteiger partial charge in [0.25, 0.3) is 0 Å². The van der Waals surface area contributed by atoms with Crippen LogP contribution in [-0.2, 0) is 19.5 Å². The molecule has 0 atom stereocenters. The average Bonchev–Trinajstić information content (AvgIpc) is 3.05. The number of aryl methyl sites for hydroxylation is 1. The quantitative estimate of drug-likeness (QED) is 0.237. The van der Waals surface area contributed by atoms with Crippen LogP contribution >= 0.6 is 47.2 Å². The fourth-order valence-electron chi connectivity index (χ4n) is 2.26. The SMILES string of the molecule is C=C(C)CNC(=NCc1ccc(Cl)cc1Cl)NCCn1cnnc1CC.I. The molecule has 0 spiro atoms. The van der Waals surface area contributed by atoms with Gasteiger partial charge in [0, 0.05) is 36.1 Å². The highest BCUT2D eigenvalue weighted by atomic mass is 127. The van der Waals surface area contributed by atoms with E-state index in [1.54, 1.807) is 12.4 Å². The molecule has 0 saturated heterocycles. The number of halogens is 3. The van der Waals surface area contributed by atoms with Crippen LogP contribution in [0.1, 0.15) is 25.2 Å². The Kier molecular flexibility index (Phi) is 10.7. The van der Waals surface area contributed by atoms with Crippen LogP contribution in [0.3, 0.4) is 0 Å². The van der Waals surface area contributed by atoms with Crippen molar-refractivity contribution in [3.63, 3.8) is 0 Å². The summed E-state index contributed by atoms with van der Waals surface area (Å²) in [4.78, 5) is 4.60. The third-order valence-corrected chi connectivity index (χ3v) is 4.22. The lowest BCUT2D eigenvalue weighted by molar-refractivity contribution is 0.633. The van der Waals surface area contributed by atoms with Crippen LogP contribution in [0.25, 0.3) is 0 Å². The average molecular weight is 523 g/mol. The number of nitrogens with zero attached hydrogens (tertiary/aromatic N) is 4. The van der Waals surface area contributed by atoms with Gasteiger partial charge in [-0.2, -0.15) is 0 Å². The van der Waals surface area contributed by atoms with Gasteiger partial charge in [-0.25, -0.2) is 4.99 Å². The van der Waals surface area contributed by atoms with Crippen molar-refractivity contribution < 1.29 is 0 Å². The third-order valence-electron chi connectivity index (χ3n) is 3.64. The minimum absolute atomic E-state index is 0. The fraction of sp³-hybridized carbons (Fsp3) is 0.389. The van der Waals surface area contributed by atoms with Crippen molar-refractivity contribution >= 4 is 53.1 Å². The summed E-state index contributed by atoms with van der Waals surface area (Å²) in [7, 11) is 0. The minimum atomic E-state index is 0. The first-order valence-corrected chi connectivity index (χ1v) is 9.22. The summed E-state index contributed by atoms with van der Waals surface area (Å²) in [6, 6.07) is 5.42. The van der Waals surface area contributed by atoms with E-state index in [0.29, 0.717) is 35.6 Å². The molecule has 0 aliphatic rings. The molecule has 2 rings (SSSR count). The number of aromatic nitrogens is 3. The van der Waals surface area contributed by atoms with Gasteiger partial charge in [-0.15, -0.1) is 34.2 Å². The molecule has 0 unspecified atom stereocenters. The molecular weight excluding hydrogens is 498 g/mol. The van der Waals surface area contributed by atoms with E-state index in [1.807, 2.05) is 23.6 Å². The molecule has 2 aromatic rings. The van der Waals surface area contributed by atoms with Crippen molar-refractivity contribution in [1.82, 2.24) is 25.4 Å². The van der Waals surface area contributed by atoms with Crippen LogP contribution in [-0.4, -0.2) is 33.8 Å². The molecule has 0 fully saturated rings. The minimum Gasteiger partial charge on any atom is -0.355 e. The van der Waals surface area contributed by atoms with E-state index >= 15 is 0 Å². The van der Waals surface area contributed by atoms with Crippen LogP contribution in [0.15, 0.2) is 41.7 Å². The second kappa shape index (κ2) is 12.2. The normalized spacial score (nSPS) is 11.0. The Hall–Kier alpha value is -1.32. The summed E-state index contributed by atoms with van der Waals surface area (Å²) in [5.41, 5.74) is 1.94. The summed E-state index contributed by atoms with van der Waals surface area (Å²) in [5.74, 6) is 1.67. The molecule has 1 aromatic heterocycles. The van der Waals surface area contributed by atoms with E-state index in [4.69, 9.17) is 23.2 Å². The predicted molar refractivity (Wildman–Crippen MR) is 123 cm³/mol. The predicted octanol–water partition coefficient (Wildman–Crippen LogP) is 4.08. The summed E-state index contributed by atoms with van der Waals surface area (Å²) >= 11 is 12.2. The third kappa shape index (κ3) is 8.06. The van der Waals surface area contributed by atoms with Gasteiger partial charge in [-0.1, -0.05) is 48.3 Å². The number of benzene rings is 1. The first-order chi connectivity index (χ1) is 12.5. The summed E-state index contributed by atoms with van der Waals surface area (Å²) < 4.78 is 2.03. The van der Waals surface area contributed by atoms with Crippen molar-refractivity contribution in [2.75, 3.05) is 13.1 Å². The molecule has 6 nitrogen and oxygen atoms in total. The molecule has 148 valence electrons. The van der Waals surface area contributed by atoms with Crippen LogP contribution < -0.4 is 10.6 Å². The molecule has 27 heavy (non-hydrogen) atoms. The van der Waals surface area contributed by atoms with Gasteiger partial charge in [-0.05, 0) is 24.6 Å². The lowest BCUT2D eigenvalue weighted by Gasteiger charge is -2.14. The zero-order chi connectivity index (χ0) is 18.9. The van der Waals surface area contributed by atoms with Crippen molar-refractivity contribution in [2.45, 2.75) is 33.4 Å². The summed E-state index contributed by atoms with van der Waals surface area (Å²) in [6.07, 6.45) is 2.59. The van der Waals surface area contributed by atoms with Gasteiger partial charge < -0.3 is 15.2 Å². The van der Waals surface area contributed by atoms with Crippen molar-refractivity contribution in [3.05, 3.63) is 58.1 Å². The highest BCUT2D eigenvalue weighted by Gasteiger charge is 2.04. The van der Waals surface area contributed by atoms with Crippen molar-refractivity contribution in [1.29, 1.82) is 0 Å². The molecule has 0 saturated carbocycles. The maximum atomic E-state index is 6.22.